The summed E-state index contributed by atoms with van der Waals surface area (Å²) in [5.74, 6) is 0.169. The number of rotatable bonds is 4. The smallest absolute Gasteiger partial charge is 0.0975 e. The first-order chi connectivity index (χ1) is 9.82. The number of benzene rings is 1. The number of hydrogen-bond donors (Lipinski definition) is 1. The molecule has 0 aliphatic carbocycles. The molecule has 114 valence electrons. The highest BCUT2D eigenvalue weighted by Gasteiger charge is 2.21. The van der Waals surface area contributed by atoms with Gasteiger partial charge in [-0.2, -0.15) is 0 Å². The minimum absolute atomic E-state index is 0.0571. The molecule has 0 aliphatic heterocycles. The van der Waals surface area contributed by atoms with Crippen molar-refractivity contribution < 1.29 is 0 Å². The van der Waals surface area contributed by atoms with Gasteiger partial charge in [0.05, 0.1) is 20.7 Å². The fourth-order valence-corrected chi connectivity index (χ4v) is 3.62. The van der Waals surface area contributed by atoms with Crippen LogP contribution in [-0.2, 0) is 11.8 Å². The van der Waals surface area contributed by atoms with E-state index in [9.17, 15) is 0 Å². The van der Waals surface area contributed by atoms with Gasteiger partial charge < -0.3 is 5.73 Å². The van der Waals surface area contributed by atoms with Crippen molar-refractivity contribution >= 4 is 34.5 Å². The van der Waals surface area contributed by atoms with Gasteiger partial charge in [-0.25, -0.2) is 4.98 Å². The van der Waals surface area contributed by atoms with Crippen LogP contribution in [0.3, 0.4) is 0 Å². The maximum atomic E-state index is 6.27. The zero-order valence-corrected chi connectivity index (χ0v) is 14.8. The van der Waals surface area contributed by atoms with E-state index in [-0.39, 0.29) is 11.3 Å². The lowest BCUT2D eigenvalue weighted by molar-refractivity contribution is 0.566. The van der Waals surface area contributed by atoms with E-state index in [4.69, 9.17) is 33.9 Å². The van der Waals surface area contributed by atoms with Crippen molar-refractivity contribution in [2.24, 2.45) is 5.73 Å². The Balaban J connectivity index is 2.24. The van der Waals surface area contributed by atoms with Crippen LogP contribution < -0.4 is 5.73 Å². The summed E-state index contributed by atoms with van der Waals surface area (Å²) < 4.78 is 0. The molecule has 2 nitrogen and oxygen atoms in total. The van der Waals surface area contributed by atoms with Crippen LogP contribution in [0, 0.1) is 0 Å². The molecule has 0 bridgehead atoms. The average molecular weight is 343 g/mol. The van der Waals surface area contributed by atoms with E-state index in [1.54, 1.807) is 17.4 Å². The molecule has 0 spiro atoms. The Morgan fingerprint density at radius 2 is 2.00 bits per heavy atom. The third-order valence-corrected chi connectivity index (χ3v) is 5.29. The first-order valence-electron chi connectivity index (χ1n) is 6.91. The summed E-state index contributed by atoms with van der Waals surface area (Å²) in [4.78, 5) is 4.76. The second-order valence-electron chi connectivity index (χ2n) is 6.17. The normalized spacial score (nSPS) is 13.4. The van der Waals surface area contributed by atoms with Crippen LogP contribution in [-0.4, -0.2) is 11.5 Å². The van der Waals surface area contributed by atoms with E-state index < -0.39 is 0 Å². The molecule has 21 heavy (non-hydrogen) atoms. The van der Waals surface area contributed by atoms with Gasteiger partial charge in [0.15, 0.2) is 0 Å². The van der Waals surface area contributed by atoms with Crippen LogP contribution in [0.1, 0.15) is 43.0 Å². The van der Waals surface area contributed by atoms with Gasteiger partial charge in [-0.1, -0.05) is 56.1 Å². The van der Waals surface area contributed by atoms with Crippen molar-refractivity contribution in [3.8, 4) is 0 Å². The van der Waals surface area contributed by atoms with E-state index in [1.807, 2.05) is 12.1 Å². The minimum Gasteiger partial charge on any atom is -0.330 e. The zero-order chi connectivity index (χ0) is 15.6. The zero-order valence-electron chi connectivity index (χ0n) is 12.5. The summed E-state index contributed by atoms with van der Waals surface area (Å²) in [6.45, 7) is 7.03. The molecule has 1 heterocycles. The highest BCUT2D eigenvalue weighted by atomic mass is 35.5. The van der Waals surface area contributed by atoms with Crippen molar-refractivity contribution in [1.29, 1.82) is 0 Å². The number of thiazole rings is 1. The molecule has 2 rings (SSSR count). The molecule has 1 aromatic heterocycles. The molecule has 5 heteroatoms. The van der Waals surface area contributed by atoms with Crippen LogP contribution in [0.5, 0.6) is 0 Å². The summed E-state index contributed by atoms with van der Waals surface area (Å²) in [5, 5.41) is 4.39. The Kier molecular flexibility index (Phi) is 5.31. The fourth-order valence-electron chi connectivity index (χ4n) is 2.06. The van der Waals surface area contributed by atoms with E-state index in [1.165, 1.54) is 0 Å². The second-order valence-corrected chi connectivity index (χ2v) is 7.85. The Labute approximate surface area is 140 Å². The monoisotopic (exact) mass is 342 g/mol. The van der Waals surface area contributed by atoms with Crippen LogP contribution >= 0.6 is 34.5 Å². The van der Waals surface area contributed by atoms with Gasteiger partial charge in [0.2, 0.25) is 0 Å². The van der Waals surface area contributed by atoms with Crippen LogP contribution in [0.2, 0.25) is 10.0 Å². The lowest BCUT2D eigenvalue weighted by Crippen LogP contribution is -2.17. The average Bonchev–Trinajstić information content (AvgIpc) is 2.90. The fraction of sp³-hybridized carbons (Fsp3) is 0.438. The number of aromatic nitrogens is 1. The molecule has 1 aromatic carbocycles. The summed E-state index contributed by atoms with van der Waals surface area (Å²) in [6.07, 6.45) is 0.757. The highest BCUT2D eigenvalue weighted by Crippen LogP contribution is 2.32. The molecule has 0 radical (unpaired) electrons. The number of nitrogens with zero attached hydrogens (tertiary/aromatic N) is 1. The van der Waals surface area contributed by atoms with E-state index in [0.29, 0.717) is 16.6 Å². The molecule has 2 N–H and O–H groups in total. The Hall–Kier alpha value is -0.610. The van der Waals surface area contributed by atoms with Crippen molar-refractivity contribution in [3.63, 3.8) is 0 Å². The second kappa shape index (κ2) is 6.66. The molecule has 0 fully saturated rings. The molecule has 0 aliphatic rings. The summed E-state index contributed by atoms with van der Waals surface area (Å²) in [5.41, 5.74) is 8.14. The number of halogens is 2. The SMILES string of the molecule is CC(C)(C)c1csc(C(CN)Cc2cccc(Cl)c2Cl)n1. The minimum atomic E-state index is 0.0571. The van der Waals surface area contributed by atoms with Gasteiger partial charge in [-0.05, 0) is 18.1 Å². The molecule has 2 aromatic rings. The first kappa shape index (κ1) is 16.8. The topological polar surface area (TPSA) is 38.9 Å². The van der Waals surface area contributed by atoms with Crippen molar-refractivity contribution in [2.75, 3.05) is 6.54 Å². The van der Waals surface area contributed by atoms with E-state index in [0.717, 1.165) is 22.7 Å². The predicted molar refractivity (Wildman–Crippen MR) is 92.8 cm³/mol. The Bertz CT molecular complexity index is 617. The Morgan fingerprint density at radius 3 is 2.57 bits per heavy atom. The largest absolute Gasteiger partial charge is 0.330 e. The highest BCUT2D eigenvalue weighted by molar-refractivity contribution is 7.09. The lowest BCUT2D eigenvalue weighted by atomic mass is 9.93. The van der Waals surface area contributed by atoms with E-state index in [2.05, 4.69) is 26.2 Å². The maximum absolute atomic E-state index is 6.27. The summed E-state index contributed by atoms with van der Waals surface area (Å²) in [7, 11) is 0. The van der Waals surface area contributed by atoms with Gasteiger partial charge in [-0.15, -0.1) is 11.3 Å². The molecule has 1 atom stereocenters. The molecule has 0 amide bonds. The van der Waals surface area contributed by atoms with Crippen LogP contribution in [0.25, 0.3) is 0 Å². The van der Waals surface area contributed by atoms with Gasteiger partial charge in [-0.3, -0.25) is 0 Å². The summed E-state index contributed by atoms with van der Waals surface area (Å²) >= 11 is 14.0. The molecule has 1 unspecified atom stereocenters. The standard InChI is InChI=1S/C16H20Cl2N2S/c1-16(2,3)13-9-21-15(20-13)11(8-19)7-10-5-4-6-12(17)14(10)18/h4-6,9,11H,7-8,19H2,1-3H3. The van der Waals surface area contributed by atoms with Gasteiger partial charge in [0.1, 0.15) is 0 Å². The third kappa shape index (κ3) is 3.98. The first-order valence-corrected chi connectivity index (χ1v) is 8.55. The number of nitrogens with two attached hydrogens (primary N) is 1. The molecule has 0 saturated carbocycles. The van der Waals surface area contributed by atoms with Crippen molar-refractivity contribution in [3.05, 3.63) is 49.9 Å². The van der Waals surface area contributed by atoms with E-state index >= 15 is 0 Å². The molecular formula is C16H20Cl2N2S. The lowest BCUT2D eigenvalue weighted by Gasteiger charge is -2.16. The van der Waals surface area contributed by atoms with Crippen molar-refractivity contribution in [2.45, 2.75) is 38.5 Å². The predicted octanol–water partition coefficient (Wildman–Crippen LogP) is 5.03. The quantitative estimate of drug-likeness (QED) is 0.845. The van der Waals surface area contributed by atoms with Crippen molar-refractivity contribution in [1.82, 2.24) is 4.98 Å². The number of hydrogen-bond acceptors (Lipinski definition) is 3. The van der Waals surface area contributed by atoms with Gasteiger partial charge >= 0.3 is 0 Å². The van der Waals surface area contributed by atoms with Gasteiger partial charge in [0, 0.05) is 23.3 Å². The maximum Gasteiger partial charge on any atom is 0.0975 e. The van der Waals surface area contributed by atoms with Gasteiger partial charge in [0.25, 0.3) is 0 Å². The Morgan fingerprint density at radius 1 is 1.29 bits per heavy atom. The van der Waals surface area contributed by atoms with Crippen LogP contribution in [0.15, 0.2) is 23.6 Å². The molecule has 0 saturated heterocycles. The van der Waals surface area contributed by atoms with Crippen LogP contribution in [0.4, 0.5) is 0 Å². The third-order valence-electron chi connectivity index (χ3n) is 3.42. The molecular weight excluding hydrogens is 323 g/mol. The summed E-state index contributed by atoms with van der Waals surface area (Å²) in [6, 6.07) is 5.71.